The van der Waals surface area contributed by atoms with Crippen LogP contribution in [0.2, 0.25) is 0 Å². The molecule has 1 aromatic heterocycles. The summed E-state index contributed by atoms with van der Waals surface area (Å²) in [5, 5.41) is 2.94. The number of rotatable bonds is 7. The molecule has 0 unspecified atom stereocenters. The van der Waals surface area contributed by atoms with E-state index >= 15 is 0 Å². The standard InChI is InChI=1S/C12H18BrNOS/c1-2-14(9-8-13)12(15)7-3-5-11-6-4-10-16-11/h4,6,10H,2-3,5,7-9H2,1H3. The zero-order valence-electron chi connectivity index (χ0n) is 9.62. The first kappa shape index (κ1) is 13.7. The van der Waals surface area contributed by atoms with E-state index in [1.807, 2.05) is 11.8 Å². The lowest BCUT2D eigenvalue weighted by atomic mass is 10.2. The van der Waals surface area contributed by atoms with E-state index in [0.29, 0.717) is 6.42 Å². The van der Waals surface area contributed by atoms with Crippen LogP contribution in [0.5, 0.6) is 0 Å². The lowest BCUT2D eigenvalue weighted by Gasteiger charge is -2.19. The van der Waals surface area contributed by atoms with E-state index in [2.05, 4.69) is 33.4 Å². The van der Waals surface area contributed by atoms with Crippen LogP contribution < -0.4 is 0 Å². The molecular weight excluding hydrogens is 286 g/mol. The largest absolute Gasteiger partial charge is 0.342 e. The van der Waals surface area contributed by atoms with Crippen molar-refractivity contribution in [2.45, 2.75) is 26.2 Å². The third kappa shape index (κ3) is 4.66. The summed E-state index contributed by atoms with van der Waals surface area (Å²) in [5.41, 5.74) is 0. The minimum Gasteiger partial charge on any atom is -0.342 e. The number of thiophene rings is 1. The number of carbonyl (C=O) groups excluding carboxylic acids is 1. The van der Waals surface area contributed by atoms with E-state index in [4.69, 9.17) is 0 Å². The van der Waals surface area contributed by atoms with Gasteiger partial charge in [0.1, 0.15) is 0 Å². The van der Waals surface area contributed by atoms with Gasteiger partial charge in [0.15, 0.2) is 0 Å². The second-order valence-corrected chi connectivity index (χ2v) is 5.42. The van der Waals surface area contributed by atoms with Gasteiger partial charge in [0, 0.05) is 29.7 Å². The van der Waals surface area contributed by atoms with E-state index in [1.54, 1.807) is 11.3 Å². The van der Waals surface area contributed by atoms with Crippen molar-refractivity contribution >= 4 is 33.2 Å². The Morgan fingerprint density at radius 3 is 2.94 bits per heavy atom. The van der Waals surface area contributed by atoms with Gasteiger partial charge in [0.05, 0.1) is 0 Å². The average Bonchev–Trinajstić information content (AvgIpc) is 2.78. The fourth-order valence-electron chi connectivity index (χ4n) is 1.59. The normalized spacial score (nSPS) is 10.4. The minimum atomic E-state index is 0.276. The van der Waals surface area contributed by atoms with Crippen molar-refractivity contribution in [1.82, 2.24) is 4.90 Å². The molecule has 0 bridgehead atoms. The molecule has 0 atom stereocenters. The maximum atomic E-state index is 11.8. The van der Waals surface area contributed by atoms with Crippen molar-refractivity contribution in [3.8, 4) is 0 Å². The molecule has 0 radical (unpaired) electrons. The topological polar surface area (TPSA) is 20.3 Å². The van der Waals surface area contributed by atoms with E-state index < -0.39 is 0 Å². The highest BCUT2D eigenvalue weighted by molar-refractivity contribution is 9.09. The van der Waals surface area contributed by atoms with E-state index in [-0.39, 0.29) is 5.91 Å². The van der Waals surface area contributed by atoms with E-state index in [9.17, 15) is 4.79 Å². The van der Waals surface area contributed by atoms with Crippen molar-refractivity contribution in [3.63, 3.8) is 0 Å². The SMILES string of the molecule is CCN(CCBr)C(=O)CCCc1cccs1. The molecule has 0 aromatic carbocycles. The molecule has 1 amide bonds. The predicted octanol–water partition coefficient (Wildman–Crippen LogP) is 3.31. The number of aryl methyl sites for hydroxylation is 1. The number of halogens is 1. The number of hydrogen-bond donors (Lipinski definition) is 0. The number of hydrogen-bond acceptors (Lipinski definition) is 2. The predicted molar refractivity (Wildman–Crippen MR) is 73.3 cm³/mol. The fourth-order valence-corrected chi connectivity index (χ4v) is 2.77. The number of amides is 1. The third-order valence-electron chi connectivity index (χ3n) is 2.48. The summed E-state index contributed by atoms with van der Waals surface area (Å²) < 4.78 is 0. The number of carbonyl (C=O) groups is 1. The molecule has 16 heavy (non-hydrogen) atoms. The van der Waals surface area contributed by atoms with Gasteiger partial charge in [-0.2, -0.15) is 0 Å². The molecule has 0 aliphatic rings. The van der Waals surface area contributed by atoms with Crippen LogP contribution in [0.1, 0.15) is 24.6 Å². The van der Waals surface area contributed by atoms with Crippen molar-refractivity contribution in [2.75, 3.05) is 18.4 Å². The molecule has 0 fully saturated rings. The van der Waals surface area contributed by atoms with Crippen LogP contribution in [0.25, 0.3) is 0 Å². The van der Waals surface area contributed by atoms with Gasteiger partial charge in [-0.3, -0.25) is 4.79 Å². The van der Waals surface area contributed by atoms with Crippen molar-refractivity contribution in [3.05, 3.63) is 22.4 Å². The summed E-state index contributed by atoms with van der Waals surface area (Å²) >= 11 is 5.13. The van der Waals surface area contributed by atoms with Crippen molar-refractivity contribution in [2.24, 2.45) is 0 Å². The summed E-state index contributed by atoms with van der Waals surface area (Å²) in [5.74, 6) is 0.276. The van der Waals surface area contributed by atoms with Gasteiger partial charge >= 0.3 is 0 Å². The molecular formula is C12H18BrNOS. The monoisotopic (exact) mass is 303 g/mol. The highest BCUT2D eigenvalue weighted by Crippen LogP contribution is 2.12. The van der Waals surface area contributed by atoms with Crippen LogP contribution in [0, 0.1) is 0 Å². The van der Waals surface area contributed by atoms with Crippen molar-refractivity contribution in [1.29, 1.82) is 0 Å². The molecule has 2 nitrogen and oxygen atoms in total. The van der Waals surface area contributed by atoms with Gasteiger partial charge in [-0.15, -0.1) is 11.3 Å². The Balaban J connectivity index is 2.23. The Morgan fingerprint density at radius 2 is 2.38 bits per heavy atom. The van der Waals surface area contributed by atoms with Crippen molar-refractivity contribution < 1.29 is 4.79 Å². The maximum Gasteiger partial charge on any atom is 0.222 e. The maximum absolute atomic E-state index is 11.8. The molecule has 1 rings (SSSR count). The molecule has 1 aromatic rings. The summed E-state index contributed by atoms with van der Waals surface area (Å²) in [4.78, 5) is 15.1. The highest BCUT2D eigenvalue weighted by Gasteiger charge is 2.10. The Hall–Kier alpha value is -0.350. The fraction of sp³-hybridized carbons (Fsp3) is 0.583. The lowest BCUT2D eigenvalue weighted by molar-refractivity contribution is -0.130. The van der Waals surface area contributed by atoms with Gasteiger partial charge in [0.2, 0.25) is 5.91 Å². The second-order valence-electron chi connectivity index (χ2n) is 3.60. The number of alkyl halides is 1. The summed E-state index contributed by atoms with van der Waals surface area (Å²) in [7, 11) is 0. The van der Waals surface area contributed by atoms with Gasteiger partial charge in [-0.05, 0) is 31.2 Å². The quantitative estimate of drug-likeness (QED) is 0.708. The van der Waals surface area contributed by atoms with E-state index in [1.165, 1.54) is 4.88 Å². The van der Waals surface area contributed by atoms with Crippen LogP contribution in [0.3, 0.4) is 0 Å². The molecule has 4 heteroatoms. The Bertz CT molecular complexity index is 300. The lowest BCUT2D eigenvalue weighted by Crippen LogP contribution is -2.32. The molecule has 0 aliphatic carbocycles. The smallest absolute Gasteiger partial charge is 0.222 e. The molecule has 0 saturated carbocycles. The Kier molecular flexibility index (Phi) is 6.73. The van der Waals surface area contributed by atoms with Gasteiger partial charge in [-0.1, -0.05) is 22.0 Å². The molecule has 0 aliphatic heterocycles. The first-order chi connectivity index (χ1) is 7.77. The summed E-state index contributed by atoms with van der Waals surface area (Å²) in [6.45, 7) is 3.65. The third-order valence-corrected chi connectivity index (χ3v) is 3.77. The average molecular weight is 304 g/mol. The second kappa shape index (κ2) is 7.85. The van der Waals surface area contributed by atoms with E-state index in [0.717, 1.165) is 31.3 Å². The molecule has 0 saturated heterocycles. The number of nitrogens with zero attached hydrogens (tertiary/aromatic N) is 1. The van der Waals surface area contributed by atoms with Crippen LogP contribution in [0.15, 0.2) is 17.5 Å². The van der Waals surface area contributed by atoms with Gasteiger partial charge < -0.3 is 4.90 Å². The molecule has 0 N–H and O–H groups in total. The molecule has 1 heterocycles. The molecule has 0 spiro atoms. The first-order valence-electron chi connectivity index (χ1n) is 5.64. The van der Waals surface area contributed by atoms with Gasteiger partial charge in [-0.25, -0.2) is 0 Å². The zero-order chi connectivity index (χ0) is 11.8. The first-order valence-corrected chi connectivity index (χ1v) is 7.64. The highest BCUT2D eigenvalue weighted by atomic mass is 79.9. The van der Waals surface area contributed by atoms with Crippen LogP contribution in [0.4, 0.5) is 0 Å². The zero-order valence-corrected chi connectivity index (χ0v) is 12.0. The molecule has 90 valence electrons. The Labute approximate surface area is 110 Å². The summed E-state index contributed by atoms with van der Waals surface area (Å²) in [6, 6.07) is 4.19. The minimum absolute atomic E-state index is 0.276. The van der Waals surface area contributed by atoms with Crippen LogP contribution >= 0.6 is 27.3 Å². The Morgan fingerprint density at radius 1 is 1.56 bits per heavy atom. The summed E-state index contributed by atoms with van der Waals surface area (Å²) in [6.07, 6.45) is 2.64. The van der Waals surface area contributed by atoms with Crippen LogP contribution in [-0.2, 0) is 11.2 Å². The van der Waals surface area contributed by atoms with Gasteiger partial charge in [0.25, 0.3) is 0 Å². The van der Waals surface area contributed by atoms with Crippen LogP contribution in [-0.4, -0.2) is 29.2 Å².